The monoisotopic (exact) mass is 347 g/mol. The van der Waals surface area contributed by atoms with Gasteiger partial charge in [-0.1, -0.05) is 11.6 Å². The van der Waals surface area contributed by atoms with Crippen molar-refractivity contribution in [2.24, 2.45) is 0 Å². The van der Waals surface area contributed by atoms with Crippen molar-refractivity contribution in [3.05, 3.63) is 29.3 Å². The SMILES string of the molecule is C[C@@H](Sc1ccc(Cl)cc1)C(=O)N[C@@]1(C)CCS(=O)(=O)C1. The maximum atomic E-state index is 12.2. The Balaban J connectivity index is 1.95. The van der Waals surface area contributed by atoms with Gasteiger partial charge >= 0.3 is 0 Å². The number of nitrogens with one attached hydrogen (secondary N) is 1. The highest BCUT2D eigenvalue weighted by molar-refractivity contribution is 8.00. The van der Waals surface area contributed by atoms with Crippen LogP contribution in [0.15, 0.2) is 29.2 Å². The lowest BCUT2D eigenvalue weighted by molar-refractivity contribution is -0.121. The summed E-state index contributed by atoms with van der Waals surface area (Å²) >= 11 is 7.25. The summed E-state index contributed by atoms with van der Waals surface area (Å²) in [6.45, 7) is 3.59. The Kier molecular flexibility index (Phi) is 4.90. The topological polar surface area (TPSA) is 63.2 Å². The minimum absolute atomic E-state index is 0.0179. The van der Waals surface area contributed by atoms with Gasteiger partial charge in [-0.25, -0.2) is 8.42 Å². The number of carbonyl (C=O) groups excluding carboxylic acids is 1. The summed E-state index contributed by atoms with van der Waals surface area (Å²) in [5.41, 5.74) is -0.648. The lowest BCUT2D eigenvalue weighted by Crippen LogP contribution is -2.49. The first-order valence-corrected chi connectivity index (χ1v) is 9.72. The molecule has 4 nitrogen and oxygen atoms in total. The molecule has 0 radical (unpaired) electrons. The fourth-order valence-electron chi connectivity index (χ4n) is 2.28. The number of hydrogen-bond acceptors (Lipinski definition) is 4. The van der Waals surface area contributed by atoms with Crippen molar-refractivity contribution in [1.82, 2.24) is 5.32 Å². The quantitative estimate of drug-likeness (QED) is 0.850. The summed E-state index contributed by atoms with van der Waals surface area (Å²) in [7, 11) is -3.03. The first-order chi connectivity index (χ1) is 9.69. The summed E-state index contributed by atoms with van der Waals surface area (Å²) < 4.78 is 23.1. The lowest BCUT2D eigenvalue weighted by Gasteiger charge is -2.25. The fourth-order valence-corrected chi connectivity index (χ4v) is 5.37. The van der Waals surface area contributed by atoms with E-state index in [2.05, 4.69) is 5.32 Å². The van der Waals surface area contributed by atoms with Crippen LogP contribution in [0.4, 0.5) is 0 Å². The zero-order chi connectivity index (χ0) is 15.7. The highest BCUT2D eigenvalue weighted by Gasteiger charge is 2.40. The Bertz CT molecular complexity index is 630. The molecule has 2 rings (SSSR count). The van der Waals surface area contributed by atoms with Gasteiger partial charge in [0.1, 0.15) is 0 Å². The first-order valence-electron chi connectivity index (χ1n) is 6.64. The number of carbonyl (C=O) groups is 1. The molecule has 116 valence electrons. The number of hydrogen-bond donors (Lipinski definition) is 1. The largest absolute Gasteiger partial charge is 0.349 e. The molecular weight excluding hydrogens is 330 g/mol. The van der Waals surface area contributed by atoms with Gasteiger partial charge < -0.3 is 5.32 Å². The number of benzene rings is 1. The van der Waals surface area contributed by atoms with Crippen molar-refractivity contribution in [3.63, 3.8) is 0 Å². The minimum atomic E-state index is -3.03. The van der Waals surface area contributed by atoms with Crippen LogP contribution in [0.25, 0.3) is 0 Å². The van der Waals surface area contributed by atoms with E-state index in [1.165, 1.54) is 11.8 Å². The van der Waals surface area contributed by atoms with Gasteiger partial charge in [0.15, 0.2) is 9.84 Å². The number of halogens is 1. The van der Waals surface area contributed by atoms with E-state index in [9.17, 15) is 13.2 Å². The van der Waals surface area contributed by atoms with E-state index >= 15 is 0 Å². The number of sulfone groups is 1. The maximum absolute atomic E-state index is 12.2. The molecule has 7 heteroatoms. The molecule has 0 aliphatic carbocycles. The molecule has 1 aliphatic heterocycles. The van der Waals surface area contributed by atoms with Crippen LogP contribution in [0.3, 0.4) is 0 Å². The lowest BCUT2D eigenvalue weighted by atomic mass is 10.0. The molecule has 0 saturated carbocycles. The van der Waals surface area contributed by atoms with Crippen LogP contribution in [0, 0.1) is 0 Å². The Morgan fingerprint density at radius 2 is 2.00 bits per heavy atom. The fraction of sp³-hybridized carbons (Fsp3) is 0.500. The van der Waals surface area contributed by atoms with Crippen molar-refractivity contribution in [3.8, 4) is 0 Å². The molecule has 21 heavy (non-hydrogen) atoms. The van der Waals surface area contributed by atoms with E-state index in [-0.39, 0.29) is 22.7 Å². The summed E-state index contributed by atoms with van der Waals surface area (Å²) in [5.74, 6) is 0.0154. The predicted octanol–water partition coefficient (Wildman–Crippen LogP) is 2.51. The molecule has 0 spiro atoms. The minimum Gasteiger partial charge on any atom is -0.349 e. The van der Waals surface area contributed by atoms with E-state index in [1.807, 2.05) is 12.1 Å². The average molecular weight is 348 g/mol. The molecule has 0 aromatic heterocycles. The smallest absolute Gasteiger partial charge is 0.233 e. The van der Waals surface area contributed by atoms with Crippen LogP contribution in [-0.2, 0) is 14.6 Å². The molecule has 1 fully saturated rings. The van der Waals surface area contributed by atoms with Crippen LogP contribution in [0.2, 0.25) is 5.02 Å². The second-order valence-corrected chi connectivity index (χ2v) is 9.64. The molecule has 1 aromatic rings. The standard InChI is InChI=1S/C14H18ClNO3S2/c1-10(20-12-5-3-11(15)4-6-12)13(17)16-14(2)7-8-21(18,19)9-14/h3-6,10H,7-9H2,1-2H3,(H,16,17)/t10-,14+/m1/s1. The van der Waals surface area contributed by atoms with Crippen molar-refractivity contribution in [1.29, 1.82) is 0 Å². The number of amides is 1. The molecule has 1 aliphatic rings. The Morgan fingerprint density at radius 1 is 1.38 bits per heavy atom. The third-order valence-electron chi connectivity index (χ3n) is 3.42. The Morgan fingerprint density at radius 3 is 2.52 bits per heavy atom. The van der Waals surface area contributed by atoms with E-state index in [1.54, 1.807) is 26.0 Å². The molecule has 1 amide bonds. The molecular formula is C14H18ClNO3S2. The molecule has 1 saturated heterocycles. The summed E-state index contributed by atoms with van der Waals surface area (Å²) in [5, 5.41) is 3.23. The zero-order valence-corrected chi connectivity index (χ0v) is 14.3. The van der Waals surface area contributed by atoms with Gasteiger partial charge in [0, 0.05) is 9.92 Å². The highest BCUT2D eigenvalue weighted by atomic mass is 35.5. The van der Waals surface area contributed by atoms with Gasteiger partial charge in [0.05, 0.1) is 22.3 Å². The molecule has 0 bridgehead atoms. The molecule has 0 unspecified atom stereocenters. The highest BCUT2D eigenvalue weighted by Crippen LogP contribution is 2.27. The first kappa shape index (κ1) is 16.6. The summed E-state index contributed by atoms with van der Waals surface area (Å²) in [4.78, 5) is 13.2. The van der Waals surface area contributed by atoms with E-state index < -0.39 is 15.4 Å². The Labute approximate surface area is 134 Å². The van der Waals surface area contributed by atoms with Gasteiger partial charge in [-0.3, -0.25) is 4.79 Å². The van der Waals surface area contributed by atoms with Crippen molar-refractivity contribution in [2.75, 3.05) is 11.5 Å². The summed E-state index contributed by atoms with van der Waals surface area (Å²) in [6.07, 6.45) is 0.472. The average Bonchev–Trinajstić information content (AvgIpc) is 2.66. The Hall–Kier alpha value is -0.720. The van der Waals surface area contributed by atoms with Crippen LogP contribution >= 0.6 is 23.4 Å². The molecule has 2 atom stereocenters. The number of rotatable bonds is 4. The van der Waals surface area contributed by atoms with Crippen LogP contribution < -0.4 is 5.32 Å². The van der Waals surface area contributed by atoms with Gasteiger partial charge in [-0.15, -0.1) is 11.8 Å². The third-order valence-corrected chi connectivity index (χ3v) is 6.69. The molecule has 1 N–H and O–H groups in total. The number of thioether (sulfide) groups is 1. The van der Waals surface area contributed by atoms with Gasteiger partial charge in [-0.05, 0) is 44.5 Å². The normalized spacial score (nSPS) is 25.5. The van der Waals surface area contributed by atoms with Crippen molar-refractivity contribution < 1.29 is 13.2 Å². The van der Waals surface area contributed by atoms with Crippen LogP contribution in [0.1, 0.15) is 20.3 Å². The van der Waals surface area contributed by atoms with Gasteiger partial charge in [0.2, 0.25) is 5.91 Å². The van der Waals surface area contributed by atoms with Gasteiger partial charge in [-0.2, -0.15) is 0 Å². The second kappa shape index (κ2) is 6.18. The van der Waals surface area contributed by atoms with E-state index in [0.717, 1.165) is 4.90 Å². The maximum Gasteiger partial charge on any atom is 0.233 e. The summed E-state index contributed by atoms with van der Waals surface area (Å²) in [6, 6.07) is 7.27. The van der Waals surface area contributed by atoms with E-state index in [0.29, 0.717) is 11.4 Å². The molecule has 1 aromatic carbocycles. The zero-order valence-electron chi connectivity index (χ0n) is 11.9. The van der Waals surface area contributed by atoms with Gasteiger partial charge in [0.25, 0.3) is 0 Å². The second-order valence-electron chi connectivity index (χ2n) is 5.61. The molecule has 1 heterocycles. The predicted molar refractivity (Wildman–Crippen MR) is 86.6 cm³/mol. The third kappa shape index (κ3) is 4.63. The van der Waals surface area contributed by atoms with Crippen LogP contribution in [0.5, 0.6) is 0 Å². The van der Waals surface area contributed by atoms with Crippen LogP contribution in [-0.4, -0.2) is 36.6 Å². The van der Waals surface area contributed by atoms with E-state index in [4.69, 9.17) is 11.6 Å². The van der Waals surface area contributed by atoms with Crippen molar-refractivity contribution >= 4 is 39.1 Å². The van der Waals surface area contributed by atoms with Crippen molar-refractivity contribution in [2.45, 2.75) is 36.0 Å².